The minimum atomic E-state index is -1.28. The monoisotopic (exact) mass is 1650 g/mol. The molecule has 0 spiro atoms. The van der Waals surface area contributed by atoms with Gasteiger partial charge in [0.15, 0.2) is 0 Å². The minimum Gasteiger partial charge on any atom is -0.310 e. The second-order valence-corrected chi connectivity index (χ2v) is 47.2. The van der Waals surface area contributed by atoms with Gasteiger partial charge in [-0.2, -0.15) is 0 Å². The van der Waals surface area contributed by atoms with Crippen molar-refractivity contribution in [3.8, 4) is 77.9 Å². The van der Waals surface area contributed by atoms with E-state index in [9.17, 15) is 28.8 Å². The van der Waals surface area contributed by atoms with E-state index in [1.165, 1.54) is 0 Å². The maximum Gasteiger partial charge on any atom is 0.252 e. The summed E-state index contributed by atoms with van der Waals surface area (Å²) in [7, 11) is 0. The van der Waals surface area contributed by atoms with Crippen LogP contribution >= 0.6 is 0 Å². The van der Waals surface area contributed by atoms with E-state index in [2.05, 4.69) is 149 Å². The molecule has 2 nitrogen and oxygen atoms in total. The van der Waals surface area contributed by atoms with Crippen molar-refractivity contribution in [2.45, 2.75) is 314 Å². The molecule has 0 atom stereocenters. The maximum absolute atomic E-state index is 12.0. The topological polar surface area (TPSA) is 6.48 Å². The van der Waals surface area contributed by atoms with Crippen molar-refractivity contribution in [3.05, 3.63) is 291 Å². The molecule has 0 N–H and O–H groups in total. The molecular formula is C120H145BN2. The Morgan fingerprint density at radius 2 is 0.528 bits per heavy atom. The fourth-order valence-corrected chi connectivity index (χ4v) is 16.5. The molecule has 123 heavy (non-hydrogen) atoms. The van der Waals surface area contributed by atoms with Gasteiger partial charge in [-0.25, -0.2) is 0 Å². The summed E-state index contributed by atoms with van der Waals surface area (Å²) >= 11 is 0. The van der Waals surface area contributed by atoms with Crippen molar-refractivity contribution in [2.24, 2.45) is 0 Å². The molecule has 638 valence electrons. The Labute approximate surface area is 776 Å². The Kier molecular flexibility index (Phi) is 16.2. The van der Waals surface area contributed by atoms with Crippen LogP contribution in [0.15, 0.2) is 224 Å². The highest BCUT2D eigenvalue weighted by atomic mass is 15.2. The average molecular weight is 1650 g/mol. The fourth-order valence-electron chi connectivity index (χ4n) is 16.5. The number of nitrogens with zero attached hydrogens (tertiary/aromatic N) is 2. The summed E-state index contributed by atoms with van der Waals surface area (Å²) in [5, 5.41) is 0. The second-order valence-electron chi connectivity index (χ2n) is 47.2. The van der Waals surface area contributed by atoms with Crippen molar-refractivity contribution in [3.63, 3.8) is 0 Å². The van der Waals surface area contributed by atoms with E-state index in [0.717, 1.165) is 27.8 Å². The highest BCUT2D eigenvalue weighted by molar-refractivity contribution is 7.00. The lowest BCUT2D eigenvalue weighted by Crippen LogP contribution is -2.61. The number of fused-ring (bicyclic) bond motifs is 4. The number of anilines is 6. The molecule has 0 unspecified atom stereocenters. The van der Waals surface area contributed by atoms with E-state index >= 15 is 0 Å². The Balaban J connectivity index is 1.45. The molecule has 0 saturated carbocycles. The molecule has 0 saturated heterocycles. The third-order valence-electron chi connectivity index (χ3n) is 24.3. The molecule has 0 bridgehead atoms. The van der Waals surface area contributed by atoms with Gasteiger partial charge in [-0.3, -0.25) is 0 Å². The van der Waals surface area contributed by atoms with E-state index in [1.807, 2.05) is 168 Å². The highest BCUT2D eigenvalue weighted by Gasteiger charge is 2.48. The van der Waals surface area contributed by atoms with Gasteiger partial charge in [-0.05, 0) is 252 Å². The zero-order valence-electron chi connectivity index (χ0n) is 103. The van der Waals surface area contributed by atoms with E-state index in [-0.39, 0.29) is 172 Å². The number of hydrogen-bond donors (Lipinski definition) is 0. The standard InChI is InChI=1S/C120H145BN2/c1-109(2,3)83-51-45-75(46-52-83)93-70-91(117(25,26)27)72-95(82-61-89(115(19,20)21)69-90(62-82)116(22,23)24)107(93)122-101-63-77(74-41-38-37-39-42-74)49-55-99(101)121-100-56-50-78(79-57-85(111(7,8)9)67-86(58-79)112(10,11)12)64-102(100)123(104-66-81(65-103(122)106(104)121)80-59-87(113(13,14)15)68-88(60-80)114(16,17)18)108-94(76-47-53-84(54-48-76)110(4,5)6)71-92(118(28,29)30)73-96(108)105-97(119(31,32)33)43-40-44-98(105)120(34,35)36/h37-73H,1-36H3/i37D,38D,39D,40D,41D,42D,43D,44D,45D,46D,47D,48D,51D,52D,53D,54D,61D,62D,69D,70D,72D,73D. The molecule has 2 heterocycles. The number of hydrogen-bond acceptors (Lipinski definition) is 2. The summed E-state index contributed by atoms with van der Waals surface area (Å²) in [6.45, 7) is 69.8. The molecule has 12 aromatic rings. The first kappa shape index (κ1) is 65.0. The van der Waals surface area contributed by atoms with Gasteiger partial charge < -0.3 is 9.80 Å². The van der Waals surface area contributed by atoms with Crippen LogP contribution in [0.25, 0.3) is 77.9 Å². The van der Waals surface area contributed by atoms with Crippen molar-refractivity contribution in [2.75, 3.05) is 9.80 Å². The predicted molar refractivity (Wildman–Crippen MR) is 543 cm³/mol. The molecule has 0 amide bonds. The van der Waals surface area contributed by atoms with Gasteiger partial charge in [0.2, 0.25) is 0 Å². The molecule has 14 rings (SSSR count). The van der Waals surface area contributed by atoms with Crippen LogP contribution in [-0.4, -0.2) is 6.71 Å². The lowest BCUT2D eigenvalue weighted by atomic mass is 9.33. The van der Waals surface area contributed by atoms with E-state index in [1.54, 1.807) is 32.9 Å². The summed E-state index contributed by atoms with van der Waals surface area (Å²) in [5.74, 6) is 0. The third kappa shape index (κ3) is 17.6. The Morgan fingerprint density at radius 1 is 0.211 bits per heavy atom. The Morgan fingerprint density at radius 3 is 0.902 bits per heavy atom. The van der Waals surface area contributed by atoms with Gasteiger partial charge in [0.05, 0.1) is 41.5 Å². The quantitative estimate of drug-likeness (QED) is 0.133. The summed E-state index contributed by atoms with van der Waals surface area (Å²) in [5.41, 5.74) is -1.66. The largest absolute Gasteiger partial charge is 0.310 e. The minimum absolute atomic E-state index is 0.0106. The molecule has 3 heteroatoms. The first-order valence-corrected chi connectivity index (χ1v) is 44.1. The summed E-state index contributed by atoms with van der Waals surface area (Å²) in [4.78, 5) is 3.87. The molecule has 12 aromatic carbocycles. The van der Waals surface area contributed by atoms with Gasteiger partial charge in [0, 0.05) is 45.0 Å². The van der Waals surface area contributed by atoms with Crippen LogP contribution in [0, 0.1) is 0 Å². The van der Waals surface area contributed by atoms with Gasteiger partial charge in [-0.1, -0.05) is 425 Å². The molecule has 0 radical (unpaired) electrons. The number of benzene rings is 12. The molecular weight excluding hydrogens is 1480 g/mol. The summed E-state index contributed by atoms with van der Waals surface area (Å²) in [6.07, 6.45) is 0. The third-order valence-corrected chi connectivity index (χ3v) is 24.3. The average Bonchev–Trinajstić information content (AvgIpc) is 0.674. The Bertz CT molecular complexity index is 7260. The smallest absolute Gasteiger partial charge is 0.252 e. The Hall–Kier alpha value is -9.70. The first-order valence-electron chi connectivity index (χ1n) is 55.1. The van der Waals surface area contributed by atoms with E-state index in [4.69, 9.17) is 1.37 Å². The van der Waals surface area contributed by atoms with Gasteiger partial charge in [0.1, 0.15) is 0 Å². The van der Waals surface area contributed by atoms with Crippen LogP contribution in [0.3, 0.4) is 0 Å². The second kappa shape index (κ2) is 30.6. The molecule has 2 aliphatic rings. The van der Waals surface area contributed by atoms with Crippen LogP contribution in [0.2, 0.25) is 0 Å². The van der Waals surface area contributed by atoms with Crippen molar-refractivity contribution in [1.29, 1.82) is 0 Å². The lowest BCUT2D eigenvalue weighted by molar-refractivity contribution is 0.568. The van der Waals surface area contributed by atoms with Gasteiger partial charge >= 0.3 is 0 Å². The van der Waals surface area contributed by atoms with Crippen LogP contribution in [0.1, 0.15) is 346 Å². The first-order chi connectivity index (χ1) is 65.8. The highest BCUT2D eigenvalue weighted by Crippen LogP contribution is 2.59. The SMILES string of the molecule is [2H]c1c([2H])c([2H])c(-c2ccc3c(c2)N(c2c(-c4c([2H])c([2H])c(C(C)(C)C)c([2H])c4[2H])c([2H])c(C(C)(C)C)c([2H])c2-c2c([2H])c(C(C)(C)C)c([2H])c(C(C)(C)C)c2[2H])c2cc(-c4cc(C(C)(C)C)cc(C(C)(C)C)c4)cc4c2B3c2ccc(-c3cc(C(C)(C)C)cc(C(C)(C)C)c3)cc2N4c2c(-c3c([2H])c([2H])c(C(C)(C)C)c([2H])c3[2H])cc(C(C)(C)C)c([2H])c2-c2c(C(C)(C)C)c([2H])c([2H])c([2H])c2C(C)(C)C)c([2H])c1[2H]. The van der Waals surface area contributed by atoms with Crippen molar-refractivity contribution >= 4 is 57.2 Å². The number of rotatable bonds is 9. The summed E-state index contributed by atoms with van der Waals surface area (Å²) < 4.78 is 234. The van der Waals surface area contributed by atoms with Crippen molar-refractivity contribution in [1.82, 2.24) is 0 Å². The lowest BCUT2D eigenvalue weighted by Gasteiger charge is -2.46. The molecule has 0 fully saturated rings. The zero-order chi connectivity index (χ0) is 109. The summed E-state index contributed by atoms with van der Waals surface area (Å²) in [6, 6.07) is 21.2. The molecule has 0 aliphatic carbocycles. The molecule has 2 aliphatic heterocycles. The van der Waals surface area contributed by atoms with E-state index < -0.39 is 150 Å². The normalized spacial score (nSPS) is 16.5. The van der Waals surface area contributed by atoms with Crippen LogP contribution in [0.4, 0.5) is 34.1 Å². The van der Waals surface area contributed by atoms with Gasteiger partial charge in [-0.15, -0.1) is 0 Å². The maximum atomic E-state index is 12.0. The zero-order valence-corrected chi connectivity index (χ0v) is 80.6. The van der Waals surface area contributed by atoms with Crippen molar-refractivity contribution < 1.29 is 30.2 Å². The molecule has 0 aromatic heterocycles. The van der Waals surface area contributed by atoms with E-state index in [0.29, 0.717) is 50.0 Å². The van der Waals surface area contributed by atoms with Crippen LogP contribution < -0.4 is 26.2 Å². The van der Waals surface area contributed by atoms with Gasteiger partial charge in [0.25, 0.3) is 6.71 Å². The fraction of sp³-hybridized carbons (Fsp3) is 0.400. The predicted octanol–water partition coefficient (Wildman–Crippen LogP) is 33.0. The van der Waals surface area contributed by atoms with Crippen LogP contribution in [0.5, 0.6) is 0 Å². The van der Waals surface area contributed by atoms with Crippen LogP contribution in [-0.2, 0) is 65.0 Å².